The molecular weight excluding hydrogens is 210 g/mol. The predicted molar refractivity (Wildman–Crippen MR) is 60.9 cm³/mol. The SMILES string of the molecule is CC(C)n1ccc(-c2ncccc2Cl)n1. The Morgan fingerprint density at radius 3 is 2.73 bits per heavy atom. The smallest absolute Gasteiger partial charge is 0.112 e. The van der Waals surface area contributed by atoms with Crippen LogP contribution in [0.15, 0.2) is 30.6 Å². The molecule has 0 saturated carbocycles. The number of rotatable bonds is 2. The molecule has 0 saturated heterocycles. The summed E-state index contributed by atoms with van der Waals surface area (Å²) in [5.74, 6) is 0. The van der Waals surface area contributed by atoms with Crippen LogP contribution in [-0.2, 0) is 0 Å². The van der Waals surface area contributed by atoms with Crippen LogP contribution in [0.2, 0.25) is 5.02 Å². The van der Waals surface area contributed by atoms with Crippen molar-refractivity contribution < 1.29 is 0 Å². The first kappa shape index (κ1) is 10.2. The molecule has 0 aliphatic carbocycles. The molecule has 0 spiro atoms. The number of pyridine rings is 1. The van der Waals surface area contributed by atoms with E-state index in [0.29, 0.717) is 11.1 Å². The third-order valence-electron chi connectivity index (χ3n) is 2.14. The predicted octanol–water partition coefficient (Wildman–Crippen LogP) is 3.18. The summed E-state index contributed by atoms with van der Waals surface area (Å²) in [6.45, 7) is 4.16. The lowest BCUT2D eigenvalue weighted by molar-refractivity contribution is 0.534. The Labute approximate surface area is 93.7 Å². The Morgan fingerprint density at radius 1 is 1.33 bits per heavy atom. The first-order valence-electron chi connectivity index (χ1n) is 4.84. The third kappa shape index (κ3) is 2.02. The highest BCUT2D eigenvalue weighted by Crippen LogP contribution is 2.23. The minimum Gasteiger partial charge on any atom is -0.270 e. The van der Waals surface area contributed by atoms with Gasteiger partial charge in [0.1, 0.15) is 11.4 Å². The minimum absolute atomic E-state index is 0.348. The van der Waals surface area contributed by atoms with E-state index in [1.807, 2.05) is 29.1 Å². The van der Waals surface area contributed by atoms with E-state index in [9.17, 15) is 0 Å². The van der Waals surface area contributed by atoms with Crippen molar-refractivity contribution in [2.45, 2.75) is 19.9 Å². The van der Waals surface area contributed by atoms with Gasteiger partial charge in [-0.1, -0.05) is 11.6 Å². The molecule has 2 heterocycles. The van der Waals surface area contributed by atoms with Crippen molar-refractivity contribution >= 4 is 11.6 Å². The summed E-state index contributed by atoms with van der Waals surface area (Å²) in [5, 5.41) is 5.04. The van der Waals surface area contributed by atoms with Crippen LogP contribution in [-0.4, -0.2) is 14.8 Å². The molecule has 0 fully saturated rings. The fraction of sp³-hybridized carbons (Fsp3) is 0.273. The van der Waals surface area contributed by atoms with Gasteiger partial charge in [0.2, 0.25) is 0 Å². The van der Waals surface area contributed by atoms with Crippen LogP contribution in [0.5, 0.6) is 0 Å². The van der Waals surface area contributed by atoms with E-state index >= 15 is 0 Å². The molecule has 0 aliphatic rings. The van der Waals surface area contributed by atoms with E-state index < -0.39 is 0 Å². The van der Waals surface area contributed by atoms with Crippen LogP contribution in [0.3, 0.4) is 0 Å². The summed E-state index contributed by atoms with van der Waals surface area (Å²) >= 11 is 6.04. The number of aromatic nitrogens is 3. The maximum absolute atomic E-state index is 6.04. The van der Waals surface area contributed by atoms with Gasteiger partial charge in [0, 0.05) is 18.4 Å². The van der Waals surface area contributed by atoms with Crippen LogP contribution >= 0.6 is 11.6 Å². The Hall–Kier alpha value is -1.35. The standard InChI is InChI=1S/C11H12ClN3/c1-8(2)15-7-5-10(14-15)11-9(12)4-3-6-13-11/h3-8H,1-2H3. The van der Waals surface area contributed by atoms with Gasteiger partial charge in [-0.25, -0.2) is 0 Å². The monoisotopic (exact) mass is 221 g/mol. The normalized spacial score (nSPS) is 10.9. The second-order valence-corrected chi connectivity index (χ2v) is 4.02. The van der Waals surface area contributed by atoms with Gasteiger partial charge in [-0.2, -0.15) is 5.10 Å². The van der Waals surface area contributed by atoms with Crippen molar-refractivity contribution in [2.75, 3.05) is 0 Å². The molecule has 0 bridgehead atoms. The summed E-state index contributed by atoms with van der Waals surface area (Å²) in [4.78, 5) is 4.21. The average molecular weight is 222 g/mol. The lowest BCUT2D eigenvalue weighted by Crippen LogP contribution is -2.01. The van der Waals surface area contributed by atoms with Gasteiger partial charge in [-0.15, -0.1) is 0 Å². The van der Waals surface area contributed by atoms with Crippen molar-refractivity contribution in [1.29, 1.82) is 0 Å². The molecule has 2 aromatic rings. The van der Waals surface area contributed by atoms with E-state index in [1.54, 1.807) is 6.20 Å². The van der Waals surface area contributed by atoms with Crippen LogP contribution in [0.4, 0.5) is 0 Å². The summed E-state index contributed by atoms with van der Waals surface area (Å²) in [7, 11) is 0. The largest absolute Gasteiger partial charge is 0.270 e. The number of hydrogen-bond donors (Lipinski definition) is 0. The minimum atomic E-state index is 0.348. The maximum Gasteiger partial charge on any atom is 0.112 e. The number of hydrogen-bond acceptors (Lipinski definition) is 2. The van der Waals surface area contributed by atoms with Gasteiger partial charge in [-0.3, -0.25) is 9.67 Å². The fourth-order valence-corrected chi connectivity index (χ4v) is 1.54. The third-order valence-corrected chi connectivity index (χ3v) is 2.44. The highest BCUT2D eigenvalue weighted by Gasteiger charge is 2.08. The Morgan fingerprint density at radius 2 is 2.13 bits per heavy atom. The molecule has 0 amide bonds. The topological polar surface area (TPSA) is 30.7 Å². The zero-order valence-electron chi connectivity index (χ0n) is 8.68. The van der Waals surface area contributed by atoms with Gasteiger partial charge in [0.05, 0.1) is 5.02 Å². The highest BCUT2D eigenvalue weighted by atomic mass is 35.5. The van der Waals surface area contributed by atoms with Gasteiger partial charge in [0.25, 0.3) is 0 Å². The fourth-order valence-electron chi connectivity index (χ4n) is 1.33. The Bertz CT molecular complexity index is 462. The van der Waals surface area contributed by atoms with E-state index in [2.05, 4.69) is 23.9 Å². The lowest BCUT2D eigenvalue weighted by Gasteiger charge is -2.03. The van der Waals surface area contributed by atoms with Crippen molar-refractivity contribution in [3.8, 4) is 11.4 Å². The summed E-state index contributed by atoms with van der Waals surface area (Å²) in [5.41, 5.74) is 1.55. The summed E-state index contributed by atoms with van der Waals surface area (Å²) in [6, 6.07) is 5.90. The summed E-state index contributed by atoms with van der Waals surface area (Å²) in [6.07, 6.45) is 3.65. The molecular formula is C11H12ClN3. The molecule has 0 radical (unpaired) electrons. The molecule has 78 valence electrons. The van der Waals surface area contributed by atoms with Gasteiger partial charge in [-0.05, 0) is 32.0 Å². The molecule has 0 N–H and O–H groups in total. The van der Waals surface area contributed by atoms with Crippen molar-refractivity contribution in [2.24, 2.45) is 0 Å². The van der Waals surface area contributed by atoms with Gasteiger partial charge < -0.3 is 0 Å². The van der Waals surface area contributed by atoms with E-state index in [-0.39, 0.29) is 0 Å². The maximum atomic E-state index is 6.04. The van der Waals surface area contributed by atoms with E-state index in [0.717, 1.165) is 11.4 Å². The zero-order valence-corrected chi connectivity index (χ0v) is 9.44. The molecule has 0 unspecified atom stereocenters. The molecule has 4 heteroatoms. The molecule has 0 aliphatic heterocycles. The average Bonchev–Trinajstić information content (AvgIpc) is 2.67. The quantitative estimate of drug-likeness (QED) is 0.780. The van der Waals surface area contributed by atoms with Gasteiger partial charge in [0.15, 0.2) is 0 Å². The summed E-state index contributed by atoms with van der Waals surface area (Å²) < 4.78 is 1.89. The molecule has 0 atom stereocenters. The molecule has 2 rings (SSSR count). The molecule has 15 heavy (non-hydrogen) atoms. The molecule has 3 nitrogen and oxygen atoms in total. The van der Waals surface area contributed by atoms with Gasteiger partial charge >= 0.3 is 0 Å². The van der Waals surface area contributed by atoms with Crippen molar-refractivity contribution in [3.63, 3.8) is 0 Å². The Kier molecular flexibility index (Phi) is 2.73. The Balaban J connectivity index is 2.42. The first-order valence-corrected chi connectivity index (χ1v) is 5.22. The first-order chi connectivity index (χ1) is 7.18. The van der Waals surface area contributed by atoms with Crippen molar-refractivity contribution in [1.82, 2.24) is 14.8 Å². The van der Waals surface area contributed by atoms with Crippen LogP contribution in [0.1, 0.15) is 19.9 Å². The highest BCUT2D eigenvalue weighted by molar-refractivity contribution is 6.32. The van der Waals surface area contributed by atoms with E-state index in [4.69, 9.17) is 11.6 Å². The van der Waals surface area contributed by atoms with Crippen molar-refractivity contribution in [3.05, 3.63) is 35.6 Å². The lowest BCUT2D eigenvalue weighted by atomic mass is 10.3. The van der Waals surface area contributed by atoms with Crippen LogP contribution in [0.25, 0.3) is 11.4 Å². The second-order valence-electron chi connectivity index (χ2n) is 3.61. The number of halogens is 1. The molecule has 2 aromatic heterocycles. The van der Waals surface area contributed by atoms with E-state index in [1.165, 1.54) is 0 Å². The zero-order chi connectivity index (χ0) is 10.8. The second kappa shape index (κ2) is 4.03. The van der Waals surface area contributed by atoms with Crippen LogP contribution in [0, 0.1) is 0 Å². The molecule has 0 aromatic carbocycles. The number of nitrogens with zero attached hydrogens (tertiary/aromatic N) is 3. The van der Waals surface area contributed by atoms with Crippen LogP contribution < -0.4 is 0 Å².